The Kier molecular flexibility index (Phi) is 6.50. The molecule has 0 aromatic heterocycles. The van der Waals surface area contributed by atoms with Crippen LogP contribution in [-0.4, -0.2) is 37.1 Å². The van der Waals surface area contributed by atoms with E-state index in [2.05, 4.69) is 17.1 Å². The smallest absolute Gasteiger partial charge is 0.00952 e. The molecule has 1 heterocycles. The maximum absolute atomic E-state index is 3.59. The fraction of sp³-hybridized carbons (Fsp3) is 1.00. The Hall–Kier alpha value is -0.0800. The van der Waals surface area contributed by atoms with E-state index in [0.717, 1.165) is 12.0 Å². The molecule has 2 nitrogen and oxygen atoms in total. The molecular formula is C16H32N2. The van der Waals surface area contributed by atoms with Crippen molar-refractivity contribution in [2.75, 3.05) is 26.2 Å². The Labute approximate surface area is 114 Å². The minimum absolute atomic E-state index is 0.928. The fourth-order valence-electron chi connectivity index (χ4n) is 3.63. The summed E-state index contributed by atoms with van der Waals surface area (Å²) in [5.41, 5.74) is 0. The first-order valence-corrected chi connectivity index (χ1v) is 8.35. The number of rotatable bonds is 5. The highest BCUT2D eigenvalue weighted by molar-refractivity contribution is 4.80. The summed E-state index contributed by atoms with van der Waals surface area (Å²) in [7, 11) is 0. The molecule has 1 aliphatic heterocycles. The summed E-state index contributed by atoms with van der Waals surface area (Å²) in [5, 5.41) is 3.59. The summed E-state index contributed by atoms with van der Waals surface area (Å²) in [4.78, 5) is 2.81. The van der Waals surface area contributed by atoms with Crippen molar-refractivity contribution in [2.45, 2.75) is 70.8 Å². The molecule has 1 saturated heterocycles. The number of nitrogens with one attached hydrogen (secondary N) is 1. The Morgan fingerprint density at radius 2 is 1.61 bits per heavy atom. The lowest BCUT2D eigenvalue weighted by Crippen LogP contribution is -2.43. The molecule has 0 amide bonds. The van der Waals surface area contributed by atoms with Crippen molar-refractivity contribution in [1.29, 1.82) is 0 Å². The van der Waals surface area contributed by atoms with E-state index in [9.17, 15) is 0 Å². The number of piperidine rings is 1. The first kappa shape index (κ1) is 14.3. The topological polar surface area (TPSA) is 15.3 Å². The summed E-state index contributed by atoms with van der Waals surface area (Å²) in [6.07, 6.45) is 13.0. The molecule has 0 radical (unpaired) electrons. The van der Waals surface area contributed by atoms with Gasteiger partial charge in [-0.3, -0.25) is 0 Å². The summed E-state index contributed by atoms with van der Waals surface area (Å²) in [5.74, 6) is 0.943. The molecule has 2 rings (SSSR count). The van der Waals surface area contributed by atoms with Crippen LogP contribution in [0.25, 0.3) is 0 Å². The van der Waals surface area contributed by atoms with Gasteiger partial charge in [-0.2, -0.15) is 0 Å². The van der Waals surface area contributed by atoms with Gasteiger partial charge in [0.15, 0.2) is 0 Å². The van der Waals surface area contributed by atoms with Gasteiger partial charge in [-0.1, -0.05) is 32.6 Å². The maximum Gasteiger partial charge on any atom is 0.00952 e. The van der Waals surface area contributed by atoms with Gasteiger partial charge in [-0.15, -0.1) is 0 Å². The lowest BCUT2D eigenvalue weighted by atomic mass is 9.94. The fourth-order valence-corrected chi connectivity index (χ4v) is 3.63. The van der Waals surface area contributed by atoms with Crippen LogP contribution < -0.4 is 5.32 Å². The molecule has 0 atom stereocenters. The molecule has 18 heavy (non-hydrogen) atoms. The molecule has 1 aliphatic carbocycles. The van der Waals surface area contributed by atoms with Crippen molar-refractivity contribution in [2.24, 2.45) is 5.92 Å². The van der Waals surface area contributed by atoms with E-state index in [0.29, 0.717) is 0 Å². The monoisotopic (exact) mass is 252 g/mol. The second kappa shape index (κ2) is 8.16. The second-order valence-electron chi connectivity index (χ2n) is 6.33. The normalized spacial score (nSPS) is 25.2. The molecule has 2 aliphatic rings. The van der Waals surface area contributed by atoms with Gasteiger partial charge in [-0.05, 0) is 64.2 Å². The van der Waals surface area contributed by atoms with Crippen LogP contribution in [0, 0.1) is 5.92 Å². The van der Waals surface area contributed by atoms with Crippen molar-refractivity contribution < 1.29 is 0 Å². The highest BCUT2D eigenvalue weighted by Gasteiger charge is 2.25. The lowest BCUT2D eigenvalue weighted by molar-refractivity contribution is 0.121. The van der Waals surface area contributed by atoms with Crippen molar-refractivity contribution in [3.05, 3.63) is 0 Å². The van der Waals surface area contributed by atoms with Crippen molar-refractivity contribution in [1.82, 2.24) is 10.2 Å². The van der Waals surface area contributed by atoms with Crippen LogP contribution in [0.15, 0.2) is 0 Å². The van der Waals surface area contributed by atoms with Crippen LogP contribution in [0.2, 0.25) is 0 Å². The third-order valence-electron chi connectivity index (χ3n) is 4.85. The number of nitrogens with zero attached hydrogens (tertiary/aromatic N) is 1. The molecule has 0 aromatic rings. The molecule has 2 fully saturated rings. The van der Waals surface area contributed by atoms with E-state index in [-0.39, 0.29) is 0 Å². The van der Waals surface area contributed by atoms with E-state index >= 15 is 0 Å². The quantitative estimate of drug-likeness (QED) is 0.596. The van der Waals surface area contributed by atoms with Crippen LogP contribution in [0.3, 0.4) is 0 Å². The van der Waals surface area contributed by atoms with Crippen molar-refractivity contribution in [3.8, 4) is 0 Å². The van der Waals surface area contributed by atoms with Crippen LogP contribution in [0.4, 0.5) is 0 Å². The van der Waals surface area contributed by atoms with Crippen molar-refractivity contribution in [3.63, 3.8) is 0 Å². The van der Waals surface area contributed by atoms with Crippen molar-refractivity contribution >= 4 is 0 Å². The van der Waals surface area contributed by atoms with E-state index in [1.54, 1.807) is 0 Å². The predicted molar refractivity (Wildman–Crippen MR) is 78.9 cm³/mol. The van der Waals surface area contributed by atoms with Gasteiger partial charge in [0.1, 0.15) is 0 Å². The zero-order valence-corrected chi connectivity index (χ0v) is 12.3. The molecule has 0 unspecified atom stereocenters. The molecule has 0 spiro atoms. The van der Waals surface area contributed by atoms with Crippen LogP contribution in [0.5, 0.6) is 0 Å². The van der Waals surface area contributed by atoms with E-state index in [4.69, 9.17) is 0 Å². The van der Waals surface area contributed by atoms with Gasteiger partial charge in [0, 0.05) is 6.04 Å². The van der Waals surface area contributed by atoms with E-state index in [1.165, 1.54) is 84.0 Å². The van der Waals surface area contributed by atoms with Gasteiger partial charge < -0.3 is 10.2 Å². The standard InChI is InChI=1S/C16H32N2/c1-2-11-17-14-15-9-12-18(13-10-15)16-7-5-3-4-6-8-16/h15-17H,2-14H2,1H3. The average Bonchev–Trinajstić information content (AvgIpc) is 2.69. The molecule has 2 heteroatoms. The van der Waals surface area contributed by atoms with Crippen LogP contribution in [0.1, 0.15) is 64.7 Å². The molecule has 1 saturated carbocycles. The van der Waals surface area contributed by atoms with Crippen LogP contribution in [-0.2, 0) is 0 Å². The number of hydrogen-bond donors (Lipinski definition) is 1. The van der Waals surface area contributed by atoms with Gasteiger partial charge in [0.2, 0.25) is 0 Å². The van der Waals surface area contributed by atoms with Gasteiger partial charge in [0.05, 0.1) is 0 Å². The van der Waals surface area contributed by atoms with E-state index < -0.39 is 0 Å². The molecule has 1 N–H and O–H groups in total. The van der Waals surface area contributed by atoms with Gasteiger partial charge in [0.25, 0.3) is 0 Å². The zero-order chi connectivity index (χ0) is 12.6. The SMILES string of the molecule is CCCNCC1CCN(C2CCCCCC2)CC1. The largest absolute Gasteiger partial charge is 0.316 e. The molecule has 0 bridgehead atoms. The second-order valence-corrected chi connectivity index (χ2v) is 6.33. The maximum atomic E-state index is 3.59. The van der Waals surface area contributed by atoms with E-state index in [1.807, 2.05) is 0 Å². The Bertz CT molecular complexity index is 201. The molecule has 0 aromatic carbocycles. The van der Waals surface area contributed by atoms with Gasteiger partial charge >= 0.3 is 0 Å². The summed E-state index contributed by atoms with van der Waals surface area (Å²) in [6, 6.07) is 0.928. The zero-order valence-electron chi connectivity index (χ0n) is 12.3. The Morgan fingerprint density at radius 1 is 0.944 bits per heavy atom. The third-order valence-corrected chi connectivity index (χ3v) is 4.85. The lowest BCUT2D eigenvalue weighted by Gasteiger charge is -2.37. The molecule has 106 valence electrons. The minimum atomic E-state index is 0.928. The summed E-state index contributed by atoms with van der Waals surface area (Å²) < 4.78 is 0. The Balaban J connectivity index is 1.65. The van der Waals surface area contributed by atoms with Gasteiger partial charge in [-0.25, -0.2) is 0 Å². The number of likely N-dealkylation sites (tertiary alicyclic amines) is 1. The average molecular weight is 252 g/mol. The third kappa shape index (κ3) is 4.55. The first-order chi connectivity index (χ1) is 8.90. The molecular weight excluding hydrogens is 220 g/mol. The highest BCUT2D eigenvalue weighted by atomic mass is 15.2. The predicted octanol–water partition coefficient (Wildman–Crippen LogP) is 3.42. The number of hydrogen-bond acceptors (Lipinski definition) is 2. The summed E-state index contributed by atoms with van der Waals surface area (Å²) in [6.45, 7) is 7.43. The first-order valence-electron chi connectivity index (χ1n) is 8.35. The van der Waals surface area contributed by atoms with Crippen LogP contribution >= 0.6 is 0 Å². The Morgan fingerprint density at radius 3 is 2.22 bits per heavy atom. The highest BCUT2D eigenvalue weighted by Crippen LogP contribution is 2.26. The summed E-state index contributed by atoms with van der Waals surface area (Å²) >= 11 is 0. The minimum Gasteiger partial charge on any atom is -0.316 e.